The fraction of sp³-hybridized carbons (Fsp3) is 0.750. The molecule has 0 aromatic carbocycles. The van der Waals surface area contributed by atoms with Gasteiger partial charge in [-0.25, -0.2) is 0 Å². The number of aromatic nitrogens is 2. The van der Waals surface area contributed by atoms with Crippen LogP contribution in [0.3, 0.4) is 0 Å². The zero-order valence-corrected chi connectivity index (χ0v) is 10.6. The number of aryl methyl sites for hydroxylation is 1. The van der Waals surface area contributed by atoms with Gasteiger partial charge in [0, 0.05) is 24.3 Å². The van der Waals surface area contributed by atoms with E-state index in [1.807, 2.05) is 13.1 Å². The van der Waals surface area contributed by atoms with Gasteiger partial charge in [0.05, 0.1) is 32.1 Å². The molecular weight excluding hydrogens is 218 g/mol. The van der Waals surface area contributed by atoms with Gasteiger partial charge in [-0.3, -0.25) is 5.10 Å². The van der Waals surface area contributed by atoms with E-state index in [1.165, 1.54) is 5.56 Å². The summed E-state index contributed by atoms with van der Waals surface area (Å²) in [5.74, 6) is 0. The van der Waals surface area contributed by atoms with E-state index in [0.717, 1.165) is 45.0 Å². The van der Waals surface area contributed by atoms with Crippen molar-refractivity contribution < 1.29 is 9.47 Å². The summed E-state index contributed by atoms with van der Waals surface area (Å²) in [5, 5.41) is 6.99. The molecule has 1 saturated heterocycles. The van der Waals surface area contributed by atoms with Crippen molar-refractivity contribution in [3.05, 3.63) is 17.5 Å². The zero-order chi connectivity index (χ0) is 12.1. The molecule has 1 atom stereocenters. The second-order valence-electron chi connectivity index (χ2n) is 4.61. The summed E-state index contributed by atoms with van der Waals surface area (Å²) >= 11 is 0. The van der Waals surface area contributed by atoms with Crippen LogP contribution < -0.4 is 0 Å². The van der Waals surface area contributed by atoms with Crippen molar-refractivity contribution in [1.82, 2.24) is 15.1 Å². The summed E-state index contributed by atoms with van der Waals surface area (Å²) in [6, 6.07) is 0. The number of rotatable bonds is 5. The number of hydrogen-bond acceptors (Lipinski definition) is 4. The molecule has 0 bridgehead atoms. The summed E-state index contributed by atoms with van der Waals surface area (Å²) in [4.78, 5) is 2.29. The van der Waals surface area contributed by atoms with Crippen LogP contribution in [0.25, 0.3) is 0 Å². The maximum absolute atomic E-state index is 5.62. The Hall–Kier alpha value is -0.910. The van der Waals surface area contributed by atoms with Gasteiger partial charge in [-0.1, -0.05) is 0 Å². The molecule has 0 amide bonds. The second kappa shape index (κ2) is 6.14. The zero-order valence-electron chi connectivity index (χ0n) is 10.6. The molecule has 5 nitrogen and oxygen atoms in total. The van der Waals surface area contributed by atoms with Crippen LogP contribution in [-0.2, 0) is 16.0 Å². The lowest BCUT2D eigenvalue weighted by Crippen LogP contribution is -2.32. The van der Waals surface area contributed by atoms with E-state index in [-0.39, 0.29) is 6.10 Å². The maximum Gasteiger partial charge on any atom is 0.0821 e. The van der Waals surface area contributed by atoms with Crippen LogP contribution in [0.15, 0.2) is 6.20 Å². The van der Waals surface area contributed by atoms with Gasteiger partial charge in [-0.05, 0) is 20.4 Å². The first-order valence-corrected chi connectivity index (χ1v) is 6.12. The predicted molar refractivity (Wildman–Crippen MR) is 64.8 cm³/mol. The largest absolute Gasteiger partial charge is 0.376 e. The molecule has 0 radical (unpaired) electrons. The molecule has 1 aromatic heterocycles. The van der Waals surface area contributed by atoms with Gasteiger partial charge >= 0.3 is 0 Å². The molecule has 2 rings (SSSR count). The Morgan fingerprint density at radius 3 is 3.06 bits per heavy atom. The SMILES string of the molecule is Cc1[nH]ncc1CN(C)CCC1COCCO1. The minimum Gasteiger partial charge on any atom is -0.376 e. The first kappa shape index (κ1) is 12.5. The smallest absolute Gasteiger partial charge is 0.0821 e. The Kier molecular flexibility index (Phi) is 4.53. The summed E-state index contributed by atoms with van der Waals surface area (Å²) in [6.07, 6.45) is 3.18. The molecule has 17 heavy (non-hydrogen) atoms. The van der Waals surface area contributed by atoms with Crippen LogP contribution in [0.5, 0.6) is 0 Å². The molecule has 0 aliphatic carbocycles. The Morgan fingerprint density at radius 2 is 2.41 bits per heavy atom. The Balaban J connectivity index is 1.70. The van der Waals surface area contributed by atoms with Crippen LogP contribution in [-0.4, -0.2) is 54.6 Å². The number of nitrogens with zero attached hydrogens (tertiary/aromatic N) is 2. The van der Waals surface area contributed by atoms with Crippen LogP contribution >= 0.6 is 0 Å². The average Bonchev–Trinajstić information content (AvgIpc) is 2.74. The van der Waals surface area contributed by atoms with Gasteiger partial charge in [-0.2, -0.15) is 5.10 Å². The minimum absolute atomic E-state index is 0.261. The van der Waals surface area contributed by atoms with E-state index in [1.54, 1.807) is 0 Å². The maximum atomic E-state index is 5.62. The van der Waals surface area contributed by atoms with Gasteiger partial charge in [0.15, 0.2) is 0 Å². The Bertz CT molecular complexity index is 334. The molecule has 1 N–H and O–H groups in total. The highest BCUT2D eigenvalue weighted by Crippen LogP contribution is 2.09. The molecule has 1 aliphatic heterocycles. The fourth-order valence-corrected chi connectivity index (χ4v) is 1.97. The molecule has 5 heteroatoms. The monoisotopic (exact) mass is 239 g/mol. The highest BCUT2D eigenvalue weighted by atomic mass is 16.6. The lowest BCUT2D eigenvalue weighted by Gasteiger charge is -2.25. The van der Waals surface area contributed by atoms with E-state index in [4.69, 9.17) is 9.47 Å². The standard InChI is InChI=1S/C12H21N3O2/c1-10-11(7-13-14-10)8-15(2)4-3-12-9-16-5-6-17-12/h7,12H,3-6,8-9H2,1-2H3,(H,13,14). The Morgan fingerprint density at radius 1 is 1.53 bits per heavy atom. The van der Waals surface area contributed by atoms with Gasteiger partial charge in [-0.15, -0.1) is 0 Å². The van der Waals surface area contributed by atoms with E-state index >= 15 is 0 Å². The summed E-state index contributed by atoms with van der Waals surface area (Å²) in [6.45, 7) is 6.19. The van der Waals surface area contributed by atoms with Crippen molar-refractivity contribution in [1.29, 1.82) is 0 Å². The topological polar surface area (TPSA) is 50.4 Å². The van der Waals surface area contributed by atoms with Crippen LogP contribution in [0.4, 0.5) is 0 Å². The summed E-state index contributed by atoms with van der Waals surface area (Å²) in [5.41, 5.74) is 2.41. The van der Waals surface area contributed by atoms with Gasteiger partial charge < -0.3 is 14.4 Å². The van der Waals surface area contributed by atoms with E-state index < -0.39 is 0 Å². The van der Waals surface area contributed by atoms with Crippen molar-refractivity contribution in [3.63, 3.8) is 0 Å². The van der Waals surface area contributed by atoms with Crippen molar-refractivity contribution in [2.24, 2.45) is 0 Å². The van der Waals surface area contributed by atoms with Crippen LogP contribution in [0.2, 0.25) is 0 Å². The number of hydrogen-bond donors (Lipinski definition) is 1. The van der Waals surface area contributed by atoms with Gasteiger partial charge in [0.2, 0.25) is 0 Å². The van der Waals surface area contributed by atoms with Crippen molar-refractivity contribution in [3.8, 4) is 0 Å². The highest BCUT2D eigenvalue weighted by Gasteiger charge is 2.15. The first-order chi connectivity index (χ1) is 8.25. The molecule has 1 aliphatic rings. The van der Waals surface area contributed by atoms with Crippen molar-refractivity contribution >= 4 is 0 Å². The van der Waals surface area contributed by atoms with Crippen molar-refractivity contribution in [2.75, 3.05) is 33.4 Å². The second-order valence-corrected chi connectivity index (χ2v) is 4.61. The van der Waals surface area contributed by atoms with Crippen LogP contribution in [0, 0.1) is 6.92 Å². The number of ether oxygens (including phenoxy) is 2. The first-order valence-electron chi connectivity index (χ1n) is 6.12. The number of nitrogens with one attached hydrogen (secondary N) is 1. The summed E-state index contributed by atoms with van der Waals surface area (Å²) in [7, 11) is 2.12. The lowest BCUT2D eigenvalue weighted by molar-refractivity contribution is -0.0923. The van der Waals surface area contributed by atoms with Gasteiger partial charge in [0.1, 0.15) is 0 Å². The van der Waals surface area contributed by atoms with E-state index in [9.17, 15) is 0 Å². The molecule has 0 saturated carbocycles. The molecule has 0 spiro atoms. The minimum atomic E-state index is 0.261. The number of H-pyrrole nitrogens is 1. The number of aromatic amines is 1. The Labute approximate surface area is 102 Å². The highest BCUT2D eigenvalue weighted by molar-refractivity contribution is 5.13. The van der Waals surface area contributed by atoms with E-state index in [0.29, 0.717) is 0 Å². The third kappa shape index (κ3) is 3.80. The molecule has 96 valence electrons. The molecule has 1 unspecified atom stereocenters. The molecule has 2 heterocycles. The molecular formula is C12H21N3O2. The molecule has 1 aromatic rings. The summed E-state index contributed by atoms with van der Waals surface area (Å²) < 4.78 is 11.0. The molecule has 1 fully saturated rings. The quantitative estimate of drug-likeness (QED) is 0.831. The lowest BCUT2D eigenvalue weighted by atomic mass is 10.2. The van der Waals surface area contributed by atoms with Crippen LogP contribution in [0.1, 0.15) is 17.7 Å². The fourth-order valence-electron chi connectivity index (χ4n) is 1.97. The predicted octanol–water partition coefficient (Wildman–Crippen LogP) is 0.955. The van der Waals surface area contributed by atoms with Gasteiger partial charge in [0.25, 0.3) is 0 Å². The van der Waals surface area contributed by atoms with E-state index in [2.05, 4.69) is 22.1 Å². The third-order valence-electron chi connectivity index (χ3n) is 3.09. The normalized spacial score (nSPS) is 21.0. The average molecular weight is 239 g/mol. The van der Waals surface area contributed by atoms with Crippen molar-refractivity contribution in [2.45, 2.75) is 26.0 Å². The third-order valence-corrected chi connectivity index (χ3v) is 3.09.